The van der Waals surface area contributed by atoms with E-state index in [1.807, 2.05) is 0 Å². The number of rotatable bonds is 10. The lowest BCUT2D eigenvalue weighted by molar-refractivity contribution is -0.146. The average molecular weight is 515 g/mol. The molecule has 2 saturated carbocycles. The number of methoxy groups -OCH3 is 2. The summed E-state index contributed by atoms with van der Waals surface area (Å²) in [4.78, 5) is 36.8. The molecule has 2 fully saturated rings. The zero-order valence-electron chi connectivity index (χ0n) is 24.6. The molecule has 37 heavy (non-hydrogen) atoms. The first kappa shape index (κ1) is 29.6. The second kappa shape index (κ2) is 11.1. The summed E-state index contributed by atoms with van der Waals surface area (Å²) < 4.78 is 9.82. The van der Waals surface area contributed by atoms with Gasteiger partial charge in [-0.15, -0.1) is 0 Å². The van der Waals surface area contributed by atoms with Gasteiger partial charge in [-0.3, -0.25) is 14.4 Å². The monoisotopic (exact) mass is 514 g/mol. The molecule has 3 aliphatic rings. The maximum atomic E-state index is 12.9. The first-order chi connectivity index (χ1) is 17.2. The second-order valence-electron chi connectivity index (χ2n) is 13.2. The SMILES string of the molecule is C=C(C)[C@@H]1CC=C2[C@@H](CC[C@]3(C)[C@@H]([C@H](C)CC(=O)C[C@@H](C)C(=O)OC)CC[C@@]23C)[C@@]1(C)CCC(=O)OC. The van der Waals surface area contributed by atoms with E-state index in [-0.39, 0.29) is 52.2 Å². The Morgan fingerprint density at radius 1 is 1.05 bits per heavy atom. The van der Waals surface area contributed by atoms with Crippen molar-refractivity contribution in [3.05, 3.63) is 23.8 Å². The van der Waals surface area contributed by atoms with Gasteiger partial charge in [0, 0.05) is 19.3 Å². The number of carbonyl (C=O) groups excluding carboxylic acids is 3. The highest BCUT2D eigenvalue weighted by Crippen LogP contribution is 2.72. The Hall–Kier alpha value is -1.91. The normalized spacial score (nSPS) is 36.4. The minimum absolute atomic E-state index is 0.0157. The number of ketones is 1. The highest BCUT2D eigenvalue weighted by atomic mass is 16.5. The number of esters is 2. The van der Waals surface area contributed by atoms with Crippen LogP contribution in [0.15, 0.2) is 23.8 Å². The summed E-state index contributed by atoms with van der Waals surface area (Å²) >= 11 is 0. The second-order valence-corrected chi connectivity index (χ2v) is 13.2. The Balaban J connectivity index is 1.84. The third-order valence-corrected chi connectivity index (χ3v) is 11.2. The fourth-order valence-corrected chi connectivity index (χ4v) is 8.90. The number of fused-ring (bicyclic) bond motifs is 3. The summed E-state index contributed by atoms with van der Waals surface area (Å²) in [6.07, 6.45) is 10.0. The van der Waals surface area contributed by atoms with Crippen molar-refractivity contribution >= 4 is 17.7 Å². The number of hydrogen-bond donors (Lipinski definition) is 0. The summed E-state index contributed by atoms with van der Waals surface area (Å²) in [7, 11) is 2.85. The van der Waals surface area contributed by atoms with E-state index in [9.17, 15) is 14.4 Å². The van der Waals surface area contributed by atoms with Gasteiger partial charge in [-0.05, 0) is 85.4 Å². The van der Waals surface area contributed by atoms with Crippen LogP contribution in [-0.2, 0) is 23.9 Å². The van der Waals surface area contributed by atoms with Gasteiger partial charge in [0.2, 0.25) is 0 Å². The highest BCUT2D eigenvalue weighted by molar-refractivity contribution is 5.84. The molecule has 0 saturated heterocycles. The zero-order chi connectivity index (χ0) is 27.8. The molecule has 0 unspecified atom stereocenters. The minimum atomic E-state index is -0.388. The van der Waals surface area contributed by atoms with Crippen molar-refractivity contribution in [2.45, 2.75) is 99.3 Å². The Morgan fingerprint density at radius 2 is 1.73 bits per heavy atom. The summed E-state index contributed by atoms with van der Waals surface area (Å²) in [5, 5.41) is 0. The summed E-state index contributed by atoms with van der Waals surface area (Å²) in [5.41, 5.74) is 3.00. The van der Waals surface area contributed by atoms with Gasteiger partial charge in [0.05, 0.1) is 20.1 Å². The number of carbonyl (C=O) groups is 3. The summed E-state index contributed by atoms with van der Waals surface area (Å²) in [5.74, 6) is 0.869. The molecule has 0 aromatic heterocycles. The van der Waals surface area contributed by atoms with E-state index < -0.39 is 0 Å². The van der Waals surface area contributed by atoms with Crippen LogP contribution in [0.4, 0.5) is 0 Å². The van der Waals surface area contributed by atoms with E-state index >= 15 is 0 Å². The van der Waals surface area contributed by atoms with Crippen LogP contribution in [0.3, 0.4) is 0 Å². The van der Waals surface area contributed by atoms with Gasteiger partial charge in [0.15, 0.2) is 0 Å². The van der Waals surface area contributed by atoms with Crippen LogP contribution in [-0.4, -0.2) is 31.9 Å². The van der Waals surface area contributed by atoms with E-state index in [4.69, 9.17) is 9.47 Å². The van der Waals surface area contributed by atoms with Crippen molar-refractivity contribution in [2.24, 2.45) is 45.8 Å². The Bertz CT molecular complexity index is 949. The smallest absolute Gasteiger partial charge is 0.308 e. The van der Waals surface area contributed by atoms with E-state index in [1.54, 1.807) is 12.5 Å². The predicted molar refractivity (Wildman–Crippen MR) is 147 cm³/mol. The van der Waals surface area contributed by atoms with E-state index in [0.717, 1.165) is 38.5 Å². The number of ether oxygens (including phenoxy) is 2. The van der Waals surface area contributed by atoms with Gasteiger partial charge in [-0.2, -0.15) is 0 Å². The molecule has 0 aliphatic heterocycles. The van der Waals surface area contributed by atoms with Crippen LogP contribution >= 0.6 is 0 Å². The molecule has 5 heteroatoms. The molecule has 5 nitrogen and oxygen atoms in total. The van der Waals surface area contributed by atoms with Crippen LogP contribution in [0.2, 0.25) is 0 Å². The van der Waals surface area contributed by atoms with Gasteiger partial charge in [-0.25, -0.2) is 0 Å². The lowest BCUT2D eigenvalue weighted by Gasteiger charge is -2.60. The fraction of sp³-hybridized carbons (Fsp3) is 0.781. The molecule has 0 heterocycles. The van der Waals surface area contributed by atoms with Crippen molar-refractivity contribution in [1.29, 1.82) is 0 Å². The highest BCUT2D eigenvalue weighted by Gasteiger charge is 2.63. The quantitative estimate of drug-likeness (QED) is 0.230. The Morgan fingerprint density at radius 3 is 2.32 bits per heavy atom. The van der Waals surface area contributed by atoms with Crippen molar-refractivity contribution in [1.82, 2.24) is 0 Å². The molecule has 0 N–H and O–H groups in total. The molecule has 8 atom stereocenters. The van der Waals surface area contributed by atoms with E-state index in [2.05, 4.69) is 47.3 Å². The molecular weight excluding hydrogens is 464 g/mol. The van der Waals surface area contributed by atoms with E-state index in [0.29, 0.717) is 30.6 Å². The molecule has 0 spiro atoms. The zero-order valence-corrected chi connectivity index (χ0v) is 24.6. The van der Waals surface area contributed by atoms with Crippen LogP contribution in [0, 0.1) is 45.8 Å². The third-order valence-electron chi connectivity index (χ3n) is 11.2. The number of hydrogen-bond acceptors (Lipinski definition) is 5. The Kier molecular flexibility index (Phi) is 8.86. The molecule has 208 valence electrons. The molecule has 0 bridgehead atoms. The molecule has 0 aromatic rings. The largest absolute Gasteiger partial charge is 0.469 e. The van der Waals surface area contributed by atoms with Gasteiger partial charge in [-0.1, -0.05) is 58.4 Å². The third kappa shape index (κ3) is 5.21. The molecule has 3 aliphatic carbocycles. The van der Waals surface area contributed by atoms with Crippen LogP contribution in [0.25, 0.3) is 0 Å². The van der Waals surface area contributed by atoms with Crippen molar-refractivity contribution in [3.63, 3.8) is 0 Å². The van der Waals surface area contributed by atoms with Crippen LogP contribution in [0.5, 0.6) is 0 Å². The molecule has 0 radical (unpaired) electrons. The lowest BCUT2D eigenvalue weighted by Crippen LogP contribution is -2.52. The molecule has 0 aromatic carbocycles. The molecule has 3 rings (SSSR count). The first-order valence-electron chi connectivity index (χ1n) is 14.3. The Labute approximate surface area is 224 Å². The standard InChI is InChI=1S/C32H50O5/c1-20(2)24-10-11-27-26(30(24,5)15-14-28(34)36-8)13-17-31(6)25(12-16-32(27,31)7)21(3)18-23(33)19-22(4)29(35)37-9/h11,21-22,24-26H,1,10,12-19H2,2-9H3/t21-,22-,24+,25-,26-,30+,31-,32+/m1/s1. The van der Waals surface area contributed by atoms with Gasteiger partial charge < -0.3 is 9.47 Å². The summed E-state index contributed by atoms with van der Waals surface area (Å²) in [6, 6.07) is 0. The van der Waals surface area contributed by atoms with Crippen molar-refractivity contribution in [2.75, 3.05) is 14.2 Å². The topological polar surface area (TPSA) is 69.7 Å². The van der Waals surface area contributed by atoms with E-state index in [1.165, 1.54) is 19.8 Å². The number of Topliss-reactive ketones (excluding diaryl/α,β-unsaturated/α-hetero) is 1. The number of allylic oxidation sites excluding steroid dienone is 3. The van der Waals surface area contributed by atoms with Crippen molar-refractivity contribution < 1.29 is 23.9 Å². The minimum Gasteiger partial charge on any atom is -0.469 e. The van der Waals surface area contributed by atoms with Crippen LogP contribution < -0.4 is 0 Å². The maximum Gasteiger partial charge on any atom is 0.308 e. The molecular formula is C32H50O5. The predicted octanol–water partition coefficient (Wildman–Crippen LogP) is 7.10. The van der Waals surface area contributed by atoms with Gasteiger partial charge >= 0.3 is 11.9 Å². The maximum absolute atomic E-state index is 12.9. The fourth-order valence-electron chi connectivity index (χ4n) is 8.90. The van der Waals surface area contributed by atoms with Crippen LogP contribution in [0.1, 0.15) is 99.3 Å². The van der Waals surface area contributed by atoms with Gasteiger partial charge in [0.1, 0.15) is 5.78 Å². The summed E-state index contributed by atoms with van der Waals surface area (Å²) in [6.45, 7) is 17.8. The van der Waals surface area contributed by atoms with Crippen molar-refractivity contribution in [3.8, 4) is 0 Å². The molecule has 0 amide bonds. The first-order valence-corrected chi connectivity index (χ1v) is 14.3. The lowest BCUT2D eigenvalue weighted by atomic mass is 9.44. The van der Waals surface area contributed by atoms with Gasteiger partial charge in [0.25, 0.3) is 0 Å². The average Bonchev–Trinajstić information content (AvgIpc) is 3.13.